The fourth-order valence-electron chi connectivity index (χ4n) is 2.79. The molecule has 0 aliphatic carbocycles. The van der Waals surface area contributed by atoms with Crippen LogP contribution in [0.2, 0.25) is 5.02 Å². The van der Waals surface area contributed by atoms with Crippen molar-refractivity contribution < 1.29 is 26.4 Å². The van der Waals surface area contributed by atoms with Gasteiger partial charge in [0, 0.05) is 6.54 Å². The van der Waals surface area contributed by atoms with E-state index in [1.165, 1.54) is 6.08 Å². The number of nitrogens with one attached hydrogen (secondary N) is 1. The van der Waals surface area contributed by atoms with Crippen molar-refractivity contribution in [3.63, 3.8) is 0 Å². The molecule has 2 aromatic rings. The fraction of sp³-hybridized carbons (Fsp3) is 0.250. The van der Waals surface area contributed by atoms with Gasteiger partial charge in [-0.05, 0) is 49.2 Å². The molecule has 0 aliphatic heterocycles. The van der Waals surface area contributed by atoms with E-state index < -0.39 is 39.1 Å². The Balaban J connectivity index is 2.31. The van der Waals surface area contributed by atoms with E-state index in [0.717, 1.165) is 28.1 Å². The van der Waals surface area contributed by atoms with Crippen molar-refractivity contribution in [1.29, 1.82) is 0 Å². The van der Waals surface area contributed by atoms with Gasteiger partial charge < -0.3 is 5.32 Å². The molecule has 1 N–H and O–H groups in total. The number of alkyl halides is 3. The number of benzene rings is 2. The summed E-state index contributed by atoms with van der Waals surface area (Å²) in [6.07, 6.45) is -3.46. The maximum Gasteiger partial charge on any atom is 0.416 e. The van der Waals surface area contributed by atoms with Crippen LogP contribution in [0.25, 0.3) is 0 Å². The summed E-state index contributed by atoms with van der Waals surface area (Å²) in [5, 5.41) is 2.85. The average Bonchev–Trinajstić information content (AvgIpc) is 2.63. The molecule has 0 radical (unpaired) electrons. The minimum Gasteiger partial charge on any atom is -0.323 e. The van der Waals surface area contributed by atoms with Crippen LogP contribution in [0.15, 0.2) is 53.9 Å². The lowest BCUT2D eigenvalue weighted by Gasteiger charge is -2.21. The number of rotatable bonds is 7. The van der Waals surface area contributed by atoms with Crippen LogP contribution in [0.4, 0.5) is 18.9 Å². The number of hydrogen-bond acceptors (Lipinski definition) is 3. The number of nitrogens with zero attached hydrogens (tertiary/aromatic N) is 1. The minimum atomic E-state index is -4.70. The molecule has 0 saturated carbocycles. The molecule has 5 nitrogen and oxygen atoms in total. The quantitative estimate of drug-likeness (QED) is 0.604. The van der Waals surface area contributed by atoms with Gasteiger partial charge in [0.25, 0.3) is 0 Å². The van der Waals surface area contributed by atoms with Crippen molar-refractivity contribution in [2.75, 3.05) is 18.4 Å². The monoisotopic (exact) mass is 460 g/mol. The SMILES string of the molecule is C=CCN(CC(=O)Nc1c(C)cc(C)cc1Cl)S(=O)(=O)c1cccc(C(F)(F)F)c1. The van der Waals surface area contributed by atoms with Crippen LogP contribution in [-0.4, -0.2) is 31.7 Å². The number of hydrogen-bond donors (Lipinski definition) is 1. The summed E-state index contributed by atoms with van der Waals surface area (Å²) in [5.74, 6) is -0.693. The Kier molecular flexibility index (Phi) is 7.33. The number of sulfonamides is 1. The summed E-state index contributed by atoms with van der Waals surface area (Å²) < 4.78 is 65.4. The first-order chi connectivity index (χ1) is 13.9. The molecular weight excluding hydrogens is 441 g/mol. The van der Waals surface area contributed by atoms with Crippen LogP contribution in [0, 0.1) is 13.8 Å². The lowest BCUT2D eigenvalue weighted by molar-refractivity contribution is -0.137. The van der Waals surface area contributed by atoms with E-state index in [0.29, 0.717) is 17.3 Å². The largest absolute Gasteiger partial charge is 0.416 e. The molecule has 2 aromatic carbocycles. The van der Waals surface area contributed by atoms with E-state index in [1.807, 2.05) is 6.92 Å². The molecule has 0 spiro atoms. The van der Waals surface area contributed by atoms with Gasteiger partial charge in [-0.1, -0.05) is 29.8 Å². The third-order valence-electron chi connectivity index (χ3n) is 4.15. The van der Waals surface area contributed by atoms with E-state index >= 15 is 0 Å². The zero-order chi connectivity index (χ0) is 22.7. The Labute approximate surface area is 178 Å². The van der Waals surface area contributed by atoms with Crippen molar-refractivity contribution in [3.05, 3.63) is 70.8 Å². The Morgan fingerprint density at radius 2 is 1.90 bits per heavy atom. The van der Waals surface area contributed by atoms with Gasteiger partial charge in [0.05, 0.1) is 27.7 Å². The zero-order valence-electron chi connectivity index (χ0n) is 16.3. The summed E-state index contributed by atoms with van der Waals surface area (Å²) in [6, 6.07) is 6.78. The Morgan fingerprint density at radius 3 is 2.47 bits per heavy atom. The highest BCUT2D eigenvalue weighted by molar-refractivity contribution is 7.89. The standard InChI is InChI=1S/C20H20ClF3N2O3S/c1-4-8-26(12-18(27)25-19-14(3)9-13(2)10-17(19)21)30(28,29)16-7-5-6-15(11-16)20(22,23)24/h4-7,9-11H,1,8,12H2,2-3H3,(H,25,27). The van der Waals surface area contributed by atoms with Gasteiger partial charge in [0.15, 0.2) is 0 Å². The van der Waals surface area contributed by atoms with Crippen molar-refractivity contribution in [2.24, 2.45) is 0 Å². The van der Waals surface area contributed by atoms with Crippen LogP contribution >= 0.6 is 11.6 Å². The highest BCUT2D eigenvalue weighted by Crippen LogP contribution is 2.31. The topological polar surface area (TPSA) is 66.5 Å². The molecule has 0 fully saturated rings. The minimum absolute atomic E-state index is 0.271. The first-order valence-electron chi connectivity index (χ1n) is 8.71. The van der Waals surface area contributed by atoms with E-state index in [4.69, 9.17) is 11.6 Å². The van der Waals surface area contributed by atoms with Crippen LogP contribution in [0.5, 0.6) is 0 Å². The maximum atomic E-state index is 13.0. The van der Waals surface area contributed by atoms with Gasteiger partial charge in [-0.3, -0.25) is 4.79 Å². The molecule has 162 valence electrons. The molecule has 2 rings (SSSR count). The first kappa shape index (κ1) is 23.9. The molecule has 1 amide bonds. The molecule has 0 heterocycles. The summed E-state index contributed by atoms with van der Waals surface area (Å²) >= 11 is 6.15. The molecule has 0 atom stereocenters. The highest BCUT2D eigenvalue weighted by atomic mass is 35.5. The summed E-state index contributed by atoms with van der Waals surface area (Å²) in [7, 11) is -4.39. The van der Waals surface area contributed by atoms with Crippen molar-refractivity contribution in [1.82, 2.24) is 4.31 Å². The predicted octanol–water partition coefficient (Wildman–Crippen LogP) is 4.79. The van der Waals surface area contributed by atoms with Gasteiger partial charge in [0.1, 0.15) is 0 Å². The first-order valence-corrected chi connectivity index (χ1v) is 10.5. The molecule has 30 heavy (non-hydrogen) atoms. The van der Waals surface area contributed by atoms with Crippen LogP contribution in [0.3, 0.4) is 0 Å². The lowest BCUT2D eigenvalue weighted by Crippen LogP contribution is -2.38. The third kappa shape index (κ3) is 5.62. The van der Waals surface area contributed by atoms with Crippen molar-refractivity contribution in [2.45, 2.75) is 24.9 Å². The Bertz CT molecular complexity index is 1050. The number of aryl methyl sites for hydroxylation is 2. The van der Waals surface area contributed by atoms with Gasteiger partial charge in [0.2, 0.25) is 15.9 Å². The zero-order valence-corrected chi connectivity index (χ0v) is 17.8. The number of carbonyl (C=O) groups is 1. The molecular formula is C20H20ClF3N2O3S. The fourth-order valence-corrected chi connectivity index (χ4v) is 4.57. The van der Waals surface area contributed by atoms with Crippen LogP contribution < -0.4 is 5.32 Å². The van der Waals surface area contributed by atoms with Crippen LogP contribution in [0.1, 0.15) is 16.7 Å². The van der Waals surface area contributed by atoms with E-state index in [1.54, 1.807) is 19.1 Å². The van der Waals surface area contributed by atoms with Gasteiger partial charge in [-0.25, -0.2) is 8.42 Å². The second-order valence-electron chi connectivity index (χ2n) is 6.60. The smallest absolute Gasteiger partial charge is 0.323 e. The number of amides is 1. The third-order valence-corrected chi connectivity index (χ3v) is 6.25. The normalized spacial score (nSPS) is 12.1. The van der Waals surface area contributed by atoms with Crippen molar-refractivity contribution in [3.8, 4) is 0 Å². The molecule has 0 aromatic heterocycles. The predicted molar refractivity (Wildman–Crippen MR) is 110 cm³/mol. The van der Waals surface area contributed by atoms with Crippen LogP contribution in [-0.2, 0) is 21.0 Å². The maximum absolute atomic E-state index is 13.0. The Morgan fingerprint density at radius 1 is 1.23 bits per heavy atom. The second-order valence-corrected chi connectivity index (χ2v) is 8.94. The van der Waals surface area contributed by atoms with Gasteiger partial charge in [-0.15, -0.1) is 6.58 Å². The molecule has 10 heteroatoms. The Hall–Kier alpha value is -2.36. The molecule has 0 aliphatic rings. The number of anilines is 1. The number of halogens is 4. The lowest BCUT2D eigenvalue weighted by atomic mass is 10.1. The van der Waals surface area contributed by atoms with E-state index in [-0.39, 0.29) is 11.6 Å². The average molecular weight is 461 g/mol. The second kappa shape index (κ2) is 9.20. The number of carbonyl (C=O) groups excluding carboxylic acids is 1. The molecule has 0 unspecified atom stereocenters. The molecule has 0 bridgehead atoms. The highest BCUT2D eigenvalue weighted by Gasteiger charge is 2.33. The summed E-state index contributed by atoms with van der Waals surface area (Å²) in [5.41, 5.74) is 0.802. The van der Waals surface area contributed by atoms with Gasteiger partial charge in [-0.2, -0.15) is 17.5 Å². The van der Waals surface area contributed by atoms with E-state index in [2.05, 4.69) is 11.9 Å². The molecule has 0 saturated heterocycles. The summed E-state index contributed by atoms with van der Waals surface area (Å²) in [4.78, 5) is 11.9. The van der Waals surface area contributed by atoms with E-state index in [9.17, 15) is 26.4 Å². The van der Waals surface area contributed by atoms with Crippen molar-refractivity contribution >= 4 is 33.2 Å². The van der Waals surface area contributed by atoms with Gasteiger partial charge >= 0.3 is 6.18 Å². The summed E-state index contributed by atoms with van der Waals surface area (Å²) in [6.45, 7) is 6.12.